The lowest BCUT2D eigenvalue weighted by Crippen LogP contribution is -2.40. The molecule has 1 aromatic rings. The lowest BCUT2D eigenvalue weighted by atomic mass is 10.2. The van der Waals surface area contributed by atoms with Crippen LogP contribution in [0.5, 0.6) is 0 Å². The number of benzene rings is 1. The Bertz CT molecular complexity index is 761. The van der Waals surface area contributed by atoms with Gasteiger partial charge in [0.05, 0.1) is 23.7 Å². The Hall–Kier alpha value is -2.04. The van der Waals surface area contributed by atoms with Crippen molar-refractivity contribution in [3.8, 4) is 0 Å². The Morgan fingerprint density at radius 2 is 1.96 bits per heavy atom. The highest BCUT2D eigenvalue weighted by atomic mass is 32.2. The number of esters is 1. The molecule has 1 atom stereocenters. The molecule has 138 valence electrons. The Balaban J connectivity index is 2.27. The Morgan fingerprint density at radius 3 is 2.56 bits per heavy atom. The summed E-state index contributed by atoms with van der Waals surface area (Å²) in [6, 6.07) is 2.88. The first-order chi connectivity index (χ1) is 11.8. The van der Waals surface area contributed by atoms with E-state index in [9.17, 15) is 22.4 Å². The van der Waals surface area contributed by atoms with Crippen LogP contribution in [0.3, 0.4) is 0 Å². The Labute approximate surface area is 144 Å². The summed E-state index contributed by atoms with van der Waals surface area (Å²) in [6.07, 6.45) is -1.14. The number of amides is 1. The number of halogens is 1. The Morgan fingerprint density at radius 1 is 1.32 bits per heavy atom. The summed E-state index contributed by atoms with van der Waals surface area (Å²) in [7, 11) is -2.52. The van der Waals surface area contributed by atoms with E-state index in [0.717, 1.165) is 18.2 Å². The average Bonchev–Trinajstić information content (AvgIpc) is 2.61. The zero-order valence-electron chi connectivity index (χ0n) is 13.8. The maximum atomic E-state index is 14.0. The number of nitrogens with one attached hydrogen (secondary N) is 1. The van der Waals surface area contributed by atoms with Crippen LogP contribution in [-0.2, 0) is 24.3 Å². The van der Waals surface area contributed by atoms with E-state index in [1.807, 2.05) is 0 Å². The smallest absolute Gasteiger partial charge is 0.341 e. The zero-order valence-corrected chi connectivity index (χ0v) is 14.6. The standard InChI is InChI=1S/C15H19FN2O6S/c1-10(14(19)17-2)24-15(20)12-9-11(3-4-13(12)16)25(21,22)18-5-7-23-8-6-18/h3-4,9-10H,5-8H2,1-2H3,(H,17,19)/t10-/m0/s1. The van der Waals surface area contributed by atoms with Crippen LogP contribution in [0.15, 0.2) is 23.1 Å². The van der Waals surface area contributed by atoms with Crippen LogP contribution in [0.1, 0.15) is 17.3 Å². The molecule has 0 bridgehead atoms. The Kier molecular flexibility index (Phi) is 6.09. The second-order valence-electron chi connectivity index (χ2n) is 5.32. The van der Waals surface area contributed by atoms with Gasteiger partial charge in [0.1, 0.15) is 5.82 Å². The maximum absolute atomic E-state index is 14.0. The molecule has 0 aromatic heterocycles. The summed E-state index contributed by atoms with van der Waals surface area (Å²) in [5.74, 6) is -2.62. The molecule has 0 spiro atoms. The minimum absolute atomic E-state index is 0.174. The molecular weight excluding hydrogens is 355 g/mol. The number of morpholine rings is 1. The number of sulfonamides is 1. The van der Waals surface area contributed by atoms with Crippen LogP contribution < -0.4 is 5.32 Å². The van der Waals surface area contributed by atoms with Crippen molar-refractivity contribution >= 4 is 21.9 Å². The monoisotopic (exact) mass is 374 g/mol. The minimum atomic E-state index is -3.88. The SMILES string of the molecule is CNC(=O)[C@H](C)OC(=O)c1cc(S(=O)(=O)N2CCOCC2)ccc1F. The van der Waals surface area contributed by atoms with Gasteiger partial charge in [0.2, 0.25) is 10.0 Å². The second-order valence-corrected chi connectivity index (χ2v) is 7.26. The van der Waals surface area contributed by atoms with Crippen LogP contribution in [0.4, 0.5) is 4.39 Å². The van der Waals surface area contributed by atoms with E-state index in [2.05, 4.69) is 5.32 Å². The molecule has 0 unspecified atom stereocenters. The number of carbonyl (C=O) groups is 2. The molecule has 1 aliphatic rings. The van der Waals surface area contributed by atoms with Gasteiger partial charge in [-0.1, -0.05) is 0 Å². The topological polar surface area (TPSA) is 102 Å². The molecule has 1 aliphatic heterocycles. The van der Waals surface area contributed by atoms with Gasteiger partial charge in [-0.05, 0) is 25.1 Å². The number of ether oxygens (including phenoxy) is 2. The average molecular weight is 374 g/mol. The van der Waals surface area contributed by atoms with E-state index < -0.39 is 39.4 Å². The first kappa shape index (κ1) is 19.3. The summed E-state index contributed by atoms with van der Waals surface area (Å²) in [5, 5.41) is 2.29. The van der Waals surface area contributed by atoms with Gasteiger partial charge < -0.3 is 14.8 Å². The molecule has 0 aliphatic carbocycles. The van der Waals surface area contributed by atoms with Gasteiger partial charge in [-0.15, -0.1) is 0 Å². The molecule has 1 heterocycles. The number of likely N-dealkylation sites (N-methyl/N-ethyl adjacent to an activating group) is 1. The normalized spacial score (nSPS) is 16.9. The van der Waals surface area contributed by atoms with E-state index in [0.29, 0.717) is 0 Å². The van der Waals surface area contributed by atoms with Gasteiger partial charge in [-0.25, -0.2) is 17.6 Å². The lowest BCUT2D eigenvalue weighted by molar-refractivity contribution is -0.128. The summed E-state index contributed by atoms with van der Waals surface area (Å²) in [4.78, 5) is 23.3. The van der Waals surface area contributed by atoms with Crippen molar-refractivity contribution in [3.05, 3.63) is 29.6 Å². The highest BCUT2D eigenvalue weighted by Gasteiger charge is 2.28. The summed E-state index contributed by atoms with van der Waals surface area (Å²) < 4.78 is 50.3. The molecule has 1 aromatic carbocycles. The molecule has 8 nitrogen and oxygen atoms in total. The van der Waals surface area contributed by atoms with E-state index in [-0.39, 0.29) is 31.2 Å². The van der Waals surface area contributed by atoms with Crippen molar-refractivity contribution in [2.45, 2.75) is 17.9 Å². The molecule has 1 amide bonds. The van der Waals surface area contributed by atoms with Gasteiger partial charge in [0.25, 0.3) is 5.91 Å². The highest BCUT2D eigenvalue weighted by Crippen LogP contribution is 2.21. The third-order valence-corrected chi connectivity index (χ3v) is 5.56. The molecule has 1 saturated heterocycles. The van der Waals surface area contributed by atoms with Crippen molar-refractivity contribution < 1.29 is 31.9 Å². The first-order valence-electron chi connectivity index (χ1n) is 7.57. The van der Waals surface area contributed by atoms with Crippen LogP contribution in [0.25, 0.3) is 0 Å². The van der Waals surface area contributed by atoms with Gasteiger partial charge in [0, 0.05) is 20.1 Å². The van der Waals surface area contributed by atoms with E-state index in [1.54, 1.807) is 0 Å². The van der Waals surface area contributed by atoms with Gasteiger partial charge in [-0.2, -0.15) is 4.31 Å². The van der Waals surface area contributed by atoms with Crippen LogP contribution in [-0.4, -0.2) is 64.1 Å². The van der Waals surface area contributed by atoms with Gasteiger partial charge in [0.15, 0.2) is 6.10 Å². The predicted octanol–water partition coefficient (Wildman–Crippen LogP) is 0.138. The molecule has 1 fully saturated rings. The quantitative estimate of drug-likeness (QED) is 0.736. The molecule has 0 radical (unpaired) electrons. The van der Waals surface area contributed by atoms with Crippen LogP contribution in [0.2, 0.25) is 0 Å². The number of rotatable bonds is 5. The van der Waals surface area contributed by atoms with E-state index in [1.165, 1.54) is 18.3 Å². The number of carbonyl (C=O) groups excluding carboxylic acids is 2. The molecular formula is C15H19FN2O6S. The fourth-order valence-electron chi connectivity index (χ4n) is 2.24. The van der Waals surface area contributed by atoms with Crippen molar-refractivity contribution in [2.75, 3.05) is 33.4 Å². The number of nitrogens with zero attached hydrogens (tertiary/aromatic N) is 1. The first-order valence-corrected chi connectivity index (χ1v) is 9.01. The molecule has 2 rings (SSSR count). The third-order valence-electron chi connectivity index (χ3n) is 3.67. The lowest BCUT2D eigenvalue weighted by Gasteiger charge is -2.26. The van der Waals surface area contributed by atoms with Gasteiger partial charge >= 0.3 is 5.97 Å². The zero-order chi connectivity index (χ0) is 18.6. The van der Waals surface area contributed by atoms with Crippen LogP contribution >= 0.6 is 0 Å². The summed E-state index contributed by atoms with van der Waals surface area (Å²) in [6.45, 7) is 2.20. The number of hydrogen-bond donors (Lipinski definition) is 1. The van der Waals surface area contributed by atoms with Crippen molar-refractivity contribution in [1.82, 2.24) is 9.62 Å². The predicted molar refractivity (Wildman–Crippen MR) is 84.9 cm³/mol. The van der Waals surface area contributed by atoms with Gasteiger partial charge in [-0.3, -0.25) is 4.79 Å². The second kappa shape index (κ2) is 7.89. The van der Waals surface area contributed by atoms with E-state index in [4.69, 9.17) is 9.47 Å². The largest absolute Gasteiger partial charge is 0.449 e. The number of hydrogen-bond acceptors (Lipinski definition) is 6. The highest BCUT2D eigenvalue weighted by molar-refractivity contribution is 7.89. The molecule has 10 heteroatoms. The molecule has 25 heavy (non-hydrogen) atoms. The molecule has 1 N–H and O–H groups in total. The summed E-state index contributed by atoms with van der Waals surface area (Å²) in [5.41, 5.74) is -0.551. The summed E-state index contributed by atoms with van der Waals surface area (Å²) >= 11 is 0. The fraction of sp³-hybridized carbons (Fsp3) is 0.467. The minimum Gasteiger partial charge on any atom is -0.449 e. The van der Waals surface area contributed by atoms with Crippen molar-refractivity contribution in [3.63, 3.8) is 0 Å². The van der Waals surface area contributed by atoms with E-state index >= 15 is 0 Å². The fourth-order valence-corrected chi connectivity index (χ4v) is 3.67. The third kappa shape index (κ3) is 4.33. The maximum Gasteiger partial charge on any atom is 0.341 e. The van der Waals surface area contributed by atoms with Crippen LogP contribution in [0, 0.1) is 5.82 Å². The van der Waals surface area contributed by atoms with Crippen molar-refractivity contribution in [2.24, 2.45) is 0 Å². The molecule has 0 saturated carbocycles. The van der Waals surface area contributed by atoms with Crippen molar-refractivity contribution in [1.29, 1.82) is 0 Å².